The third-order valence-electron chi connectivity index (χ3n) is 0.957. The monoisotopic (exact) mass is 126 g/mol. The van der Waals surface area contributed by atoms with Gasteiger partial charge in [0.2, 0.25) is 0 Å². The number of esters is 1. The Labute approximate surface area is 52.3 Å². The van der Waals surface area contributed by atoms with E-state index in [9.17, 15) is 4.79 Å². The summed E-state index contributed by atoms with van der Waals surface area (Å²) in [5, 5.41) is 0. The summed E-state index contributed by atoms with van der Waals surface area (Å²) in [7, 11) is 1.32. The van der Waals surface area contributed by atoms with E-state index in [1.54, 1.807) is 0 Å². The maximum absolute atomic E-state index is 10.6. The minimum absolute atomic E-state index is 0.354. The molecule has 0 radical (unpaired) electrons. The highest BCUT2D eigenvalue weighted by molar-refractivity contribution is 6.39. The second-order valence-corrected chi connectivity index (χ2v) is 1.52. The zero-order valence-electron chi connectivity index (χ0n) is 5.00. The molecule has 0 aromatic carbocycles. The van der Waals surface area contributed by atoms with Crippen molar-refractivity contribution in [3.05, 3.63) is 0 Å². The highest BCUT2D eigenvalue weighted by atomic mass is 16.5. The third kappa shape index (κ3) is 1.13. The van der Waals surface area contributed by atoms with Crippen LogP contribution in [0.2, 0.25) is 0 Å². The summed E-state index contributed by atoms with van der Waals surface area (Å²) in [6.45, 7) is 0.354. The number of aliphatic imine (C=N–C) groups is 2. The summed E-state index contributed by atoms with van der Waals surface area (Å²) in [6, 6.07) is 0. The lowest BCUT2D eigenvalue weighted by Gasteiger charge is -1.93. The number of hydrogen-bond acceptors (Lipinski definition) is 4. The number of hydrogen-bond donors (Lipinski definition) is 0. The van der Waals surface area contributed by atoms with E-state index in [2.05, 4.69) is 14.7 Å². The van der Waals surface area contributed by atoms with Crippen LogP contribution in [0.1, 0.15) is 0 Å². The van der Waals surface area contributed by atoms with E-state index in [-0.39, 0.29) is 0 Å². The highest BCUT2D eigenvalue weighted by Gasteiger charge is 2.11. The van der Waals surface area contributed by atoms with Crippen LogP contribution >= 0.6 is 0 Å². The van der Waals surface area contributed by atoms with E-state index < -0.39 is 5.97 Å². The molecule has 0 N–H and O–H groups in total. The molecule has 9 heavy (non-hydrogen) atoms. The summed E-state index contributed by atoms with van der Waals surface area (Å²) >= 11 is 0. The molecule has 0 aliphatic carbocycles. The van der Waals surface area contributed by atoms with Crippen molar-refractivity contribution >= 4 is 18.0 Å². The van der Waals surface area contributed by atoms with Crippen LogP contribution in [0.25, 0.3) is 0 Å². The van der Waals surface area contributed by atoms with Gasteiger partial charge in [-0.15, -0.1) is 0 Å². The molecule has 4 heteroatoms. The molecule has 1 aliphatic rings. The van der Waals surface area contributed by atoms with Crippen molar-refractivity contribution < 1.29 is 9.53 Å². The summed E-state index contributed by atoms with van der Waals surface area (Å²) in [5.41, 5.74) is 0.373. The summed E-state index contributed by atoms with van der Waals surface area (Å²) in [4.78, 5) is 17.9. The Morgan fingerprint density at radius 2 is 2.67 bits per heavy atom. The summed E-state index contributed by atoms with van der Waals surface area (Å²) in [5.74, 6) is -0.396. The maximum atomic E-state index is 10.6. The molecule has 1 rings (SSSR count). The van der Waals surface area contributed by atoms with Crippen molar-refractivity contribution in [2.75, 3.05) is 13.7 Å². The van der Waals surface area contributed by atoms with Crippen LogP contribution < -0.4 is 0 Å². The molecule has 4 nitrogen and oxygen atoms in total. The molecule has 0 aromatic heterocycles. The maximum Gasteiger partial charge on any atom is 0.354 e. The third-order valence-corrected chi connectivity index (χ3v) is 0.957. The largest absolute Gasteiger partial charge is 0.464 e. The number of rotatable bonds is 1. The SMILES string of the molecule is COC(=O)C1=NC=NC1. The molecule has 0 aromatic rings. The smallest absolute Gasteiger partial charge is 0.354 e. The number of methoxy groups -OCH3 is 1. The minimum Gasteiger partial charge on any atom is -0.464 e. The first-order valence-electron chi connectivity index (χ1n) is 2.48. The fraction of sp³-hybridized carbons (Fsp3) is 0.400. The first kappa shape index (κ1) is 5.94. The number of nitrogens with zero attached hydrogens (tertiary/aromatic N) is 2. The molecule has 0 atom stereocenters. The molecular formula is C5H6N2O2. The lowest BCUT2D eigenvalue weighted by molar-refractivity contribution is -0.132. The number of carbonyl (C=O) groups excluding carboxylic acids is 1. The van der Waals surface area contributed by atoms with Crippen molar-refractivity contribution in [1.82, 2.24) is 0 Å². The van der Waals surface area contributed by atoms with Gasteiger partial charge in [-0.2, -0.15) is 0 Å². The van der Waals surface area contributed by atoms with Gasteiger partial charge in [-0.25, -0.2) is 9.79 Å². The van der Waals surface area contributed by atoms with Gasteiger partial charge < -0.3 is 4.74 Å². The second-order valence-electron chi connectivity index (χ2n) is 1.52. The Morgan fingerprint density at radius 1 is 1.89 bits per heavy atom. The molecular weight excluding hydrogens is 120 g/mol. The first-order chi connectivity index (χ1) is 4.34. The first-order valence-corrected chi connectivity index (χ1v) is 2.48. The zero-order chi connectivity index (χ0) is 6.69. The number of ether oxygens (including phenoxy) is 1. The van der Waals surface area contributed by atoms with Crippen LogP contribution in [-0.2, 0) is 9.53 Å². The van der Waals surface area contributed by atoms with E-state index in [0.29, 0.717) is 12.3 Å². The van der Waals surface area contributed by atoms with Crippen molar-refractivity contribution in [1.29, 1.82) is 0 Å². The van der Waals surface area contributed by atoms with Gasteiger partial charge in [-0.05, 0) is 0 Å². The van der Waals surface area contributed by atoms with Crippen LogP contribution in [-0.4, -0.2) is 31.7 Å². The molecule has 0 saturated heterocycles. The van der Waals surface area contributed by atoms with E-state index in [1.165, 1.54) is 13.4 Å². The predicted octanol–water partition coefficient (Wildman–Crippen LogP) is -0.358. The van der Waals surface area contributed by atoms with Crippen LogP contribution in [0.3, 0.4) is 0 Å². The van der Waals surface area contributed by atoms with Crippen molar-refractivity contribution in [3.8, 4) is 0 Å². The highest BCUT2D eigenvalue weighted by Crippen LogP contribution is 1.89. The molecule has 0 saturated carbocycles. The fourth-order valence-corrected chi connectivity index (χ4v) is 0.514. The van der Waals surface area contributed by atoms with Gasteiger partial charge in [0.15, 0.2) is 0 Å². The average Bonchev–Trinajstić information content (AvgIpc) is 2.37. The van der Waals surface area contributed by atoms with Crippen molar-refractivity contribution in [2.24, 2.45) is 9.98 Å². The predicted molar refractivity (Wildman–Crippen MR) is 32.8 cm³/mol. The molecule has 0 amide bonds. The normalized spacial score (nSPS) is 15.4. The van der Waals surface area contributed by atoms with Crippen LogP contribution in [0.4, 0.5) is 0 Å². The Balaban J connectivity index is 2.55. The molecule has 1 heterocycles. The van der Waals surface area contributed by atoms with Crippen LogP contribution in [0.5, 0.6) is 0 Å². The van der Waals surface area contributed by atoms with E-state index in [4.69, 9.17) is 0 Å². The Bertz CT molecular complexity index is 183. The summed E-state index contributed by atoms with van der Waals surface area (Å²) in [6.07, 6.45) is 1.35. The Kier molecular flexibility index (Phi) is 1.58. The fourth-order valence-electron chi connectivity index (χ4n) is 0.514. The van der Waals surface area contributed by atoms with E-state index in [0.717, 1.165) is 0 Å². The van der Waals surface area contributed by atoms with Gasteiger partial charge in [-0.1, -0.05) is 0 Å². The topological polar surface area (TPSA) is 51.0 Å². The van der Waals surface area contributed by atoms with Gasteiger partial charge in [0.1, 0.15) is 12.1 Å². The van der Waals surface area contributed by atoms with Gasteiger partial charge >= 0.3 is 5.97 Å². The van der Waals surface area contributed by atoms with Gasteiger partial charge in [0.25, 0.3) is 0 Å². The Hall–Kier alpha value is -1.19. The van der Waals surface area contributed by atoms with E-state index >= 15 is 0 Å². The lowest BCUT2D eigenvalue weighted by atomic mass is 10.4. The van der Waals surface area contributed by atoms with Crippen LogP contribution in [0.15, 0.2) is 9.98 Å². The molecule has 0 fully saturated rings. The van der Waals surface area contributed by atoms with Gasteiger partial charge in [-0.3, -0.25) is 4.99 Å². The molecule has 0 spiro atoms. The second kappa shape index (κ2) is 2.39. The van der Waals surface area contributed by atoms with Crippen molar-refractivity contribution in [3.63, 3.8) is 0 Å². The standard InChI is InChI=1S/C5H6N2O2/c1-9-5(8)4-2-6-3-7-4/h3H,2H2,1H3. The molecule has 0 unspecified atom stereocenters. The minimum atomic E-state index is -0.396. The lowest BCUT2D eigenvalue weighted by Crippen LogP contribution is -2.16. The van der Waals surface area contributed by atoms with E-state index in [1.807, 2.05) is 0 Å². The Morgan fingerprint density at radius 3 is 3.11 bits per heavy atom. The molecule has 0 bridgehead atoms. The zero-order valence-corrected chi connectivity index (χ0v) is 5.00. The quantitative estimate of drug-likeness (QED) is 0.450. The number of carbonyl (C=O) groups is 1. The molecule has 1 aliphatic heterocycles. The summed E-state index contributed by atoms with van der Waals surface area (Å²) < 4.78 is 4.38. The molecule has 48 valence electrons. The van der Waals surface area contributed by atoms with Gasteiger partial charge in [0, 0.05) is 0 Å². The van der Waals surface area contributed by atoms with Crippen molar-refractivity contribution in [2.45, 2.75) is 0 Å². The average molecular weight is 126 g/mol. The van der Waals surface area contributed by atoms with Crippen LogP contribution in [0, 0.1) is 0 Å². The van der Waals surface area contributed by atoms with Gasteiger partial charge in [0.05, 0.1) is 13.7 Å².